The Bertz CT molecular complexity index is 917. The van der Waals surface area contributed by atoms with Crippen LogP contribution in [0.5, 0.6) is 5.75 Å². The summed E-state index contributed by atoms with van der Waals surface area (Å²) >= 11 is 6.92. The van der Waals surface area contributed by atoms with E-state index < -0.39 is 0 Å². The molecule has 0 unspecified atom stereocenters. The van der Waals surface area contributed by atoms with Gasteiger partial charge in [0.2, 0.25) is 0 Å². The van der Waals surface area contributed by atoms with Gasteiger partial charge < -0.3 is 10.1 Å². The monoisotopic (exact) mass is 466 g/mol. The Kier molecular flexibility index (Phi) is 5.65. The maximum atomic E-state index is 12.9. The smallest absolute Gasteiger partial charge is 0.258 e. The highest BCUT2D eigenvalue weighted by Gasteiger charge is 2.13. The molecule has 1 heterocycles. The number of fused-ring (bicyclic) bond motifs is 1. The molecule has 3 rings (SSSR count). The minimum absolute atomic E-state index is 0.146. The molecular weight excluding hydrogens is 455 g/mol. The van der Waals surface area contributed by atoms with E-state index in [-0.39, 0.29) is 18.3 Å². The number of carbonyl (C=O) groups is 1. The summed E-state index contributed by atoms with van der Waals surface area (Å²) in [5.74, 6) is -0.0724. The van der Waals surface area contributed by atoms with Crippen LogP contribution in [0.25, 0.3) is 10.9 Å². The van der Waals surface area contributed by atoms with Gasteiger partial charge >= 0.3 is 0 Å². The maximum Gasteiger partial charge on any atom is 0.258 e. The minimum atomic E-state index is -0.308. The first-order chi connectivity index (χ1) is 12.0. The molecule has 25 heavy (non-hydrogen) atoms. The zero-order valence-electron chi connectivity index (χ0n) is 12.9. The molecule has 7 heteroatoms. The van der Waals surface area contributed by atoms with Gasteiger partial charge in [-0.1, -0.05) is 34.1 Å². The second-order valence-electron chi connectivity index (χ2n) is 5.26. The Labute approximate surface area is 160 Å². The highest BCUT2D eigenvalue weighted by atomic mass is 79.9. The Morgan fingerprint density at radius 2 is 1.92 bits per heavy atom. The predicted molar refractivity (Wildman–Crippen MR) is 101 cm³/mol. The van der Waals surface area contributed by atoms with Gasteiger partial charge in [0, 0.05) is 22.6 Å². The lowest BCUT2D eigenvalue weighted by atomic mass is 10.2. The van der Waals surface area contributed by atoms with Gasteiger partial charge in [0.1, 0.15) is 11.3 Å². The number of nitrogens with one attached hydrogen (secondary N) is 1. The number of benzene rings is 2. The second-order valence-corrected chi connectivity index (χ2v) is 6.97. The van der Waals surface area contributed by atoms with Crippen LogP contribution in [0.4, 0.5) is 4.39 Å². The van der Waals surface area contributed by atoms with Crippen LogP contribution >= 0.6 is 31.9 Å². The second kappa shape index (κ2) is 7.93. The number of aromatic nitrogens is 1. The van der Waals surface area contributed by atoms with E-state index in [2.05, 4.69) is 42.2 Å². The van der Waals surface area contributed by atoms with Crippen LogP contribution in [-0.2, 0) is 11.3 Å². The van der Waals surface area contributed by atoms with Gasteiger partial charge in [0.05, 0.1) is 4.47 Å². The van der Waals surface area contributed by atoms with Crippen molar-refractivity contribution < 1.29 is 13.9 Å². The summed E-state index contributed by atoms with van der Waals surface area (Å²) in [7, 11) is 0. The number of carbonyl (C=O) groups excluding carboxylic acids is 1. The van der Waals surface area contributed by atoms with Gasteiger partial charge in [-0.25, -0.2) is 4.39 Å². The molecule has 128 valence electrons. The Balaban J connectivity index is 1.66. The van der Waals surface area contributed by atoms with Crippen LogP contribution in [0, 0.1) is 5.82 Å². The van der Waals surface area contributed by atoms with Crippen molar-refractivity contribution in [2.24, 2.45) is 0 Å². The van der Waals surface area contributed by atoms with E-state index in [0.29, 0.717) is 22.3 Å². The standard InChI is InChI=1S/C18H13Br2FN2O2/c19-14-8-15(20)18(17-13(14)2-1-7-22-17)25-10-16(24)23-9-11-3-5-12(21)6-4-11/h1-8H,9-10H2,(H,23,24). The highest BCUT2D eigenvalue weighted by molar-refractivity contribution is 9.11. The van der Waals surface area contributed by atoms with Crippen molar-refractivity contribution in [2.45, 2.75) is 6.54 Å². The summed E-state index contributed by atoms with van der Waals surface area (Å²) in [5, 5.41) is 3.63. The van der Waals surface area contributed by atoms with Gasteiger partial charge in [-0.3, -0.25) is 9.78 Å². The topological polar surface area (TPSA) is 51.2 Å². The average molecular weight is 468 g/mol. The molecule has 2 aromatic carbocycles. The van der Waals surface area contributed by atoms with Gasteiger partial charge in [-0.05, 0) is 45.8 Å². The zero-order valence-corrected chi connectivity index (χ0v) is 16.1. The lowest BCUT2D eigenvalue weighted by Gasteiger charge is -2.12. The zero-order chi connectivity index (χ0) is 17.8. The number of pyridine rings is 1. The van der Waals surface area contributed by atoms with Crippen LogP contribution in [0.2, 0.25) is 0 Å². The molecule has 1 aromatic heterocycles. The molecule has 3 aromatic rings. The Hall–Kier alpha value is -1.99. The number of amides is 1. The fraction of sp³-hybridized carbons (Fsp3) is 0.111. The Morgan fingerprint density at radius 1 is 1.16 bits per heavy atom. The number of hydrogen-bond donors (Lipinski definition) is 1. The van der Waals surface area contributed by atoms with Gasteiger partial charge in [0.25, 0.3) is 5.91 Å². The fourth-order valence-electron chi connectivity index (χ4n) is 2.28. The Morgan fingerprint density at radius 3 is 2.68 bits per heavy atom. The van der Waals surface area contributed by atoms with Crippen molar-refractivity contribution in [1.82, 2.24) is 10.3 Å². The third kappa shape index (κ3) is 4.35. The molecule has 0 saturated heterocycles. The molecule has 0 aliphatic carbocycles. The molecule has 0 radical (unpaired) electrons. The van der Waals surface area contributed by atoms with Crippen LogP contribution in [0.15, 0.2) is 57.6 Å². The molecule has 1 N–H and O–H groups in total. The number of nitrogens with zero attached hydrogens (tertiary/aromatic N) is 1. The summed E-state index contributed by atoms with van der Waals surface area (Å²) in [6, 6.07) is 11.6. The SMILES string of the molecule is O=C(COc1c(Br)cc(Br)c2cccnc12)NCc1ccc(F)cc1. The fourth-order valence-corrected chi connectivity index (χ4v) is 3.66. The van der Waals surface area contributed by atoms with E-state index in [1.54, 1.807) is 18.3 Å². The summed E-state index contributed by atoms with van der Waals surface area (Å²) in [6.45, 7) is 0.163. The van der Waals surface area contributed by atoms with E-state index in [1.807, 2.05) is 18.2 Å². The normalized spacial score (nSPS) is 10.7. The number of halogens is 3. The van der Waals surface area contributed by atoms with Crippen LogP contribution in [0.3, 0.4) is 0 Å². The van der Waals surface area contributed by atoms with Crippen LogP contribution < -0.4 is 10.1 Å². The molecular formula is C18H13Br2FN2O2. The highest BCUT2D eigenvalue weighted by Crippen LogP contribution is 2.37. The molecule has 0 fully saturated rings. The summed E-state index contributed by atoms with van der Waals surface area (Å²) in [5.41, 5.74) is 1.47. The number of rotatable bonds is 5. The van der Waals surface area contributed by atoms with E-state index >= 15 is 0 Å². The number of hydrogen-bond acceptors (Lipinski definition) is 3. The first kappa shape index (κ1) is 17.8. The van der Waals surface area contributed by atoms with Crippen LogP contribution in [0.1, 0.15) is 5.56 Å². The molecule has 0 bridgehead atoms. The lowest BCUT2D eigenvalue weighted by molar-refractivity contribution is -0.123. The average Bonchev–Trinajstić information content (AvgIpc) is 2.61. The van der Waals surface area contributed by atoms with Crippen molar-refractivity contribution in [2.75, 3.05) is 6.61 Å². The molecule has 0 aliphatic rings. The third-order valence-electron chi connectivity index (χ3n) is 3.50. The van der Waals surface area contributed by atoms with E-state index in [1.165, 1.54) is 12.1 Å². The molecule has 0 aliphatic heterocycles. The van der Waals surface area contributed by atoms with Gasteiger partial charge in [0.15, 0.2) is 12.4 Å². The largest absolute Gasteiger partial charge is 0.480 e. The predicted octanol–water partition coefficient (Wildman–Crippen LogP) is 4.59. The van der Waals surface area contributed by atoms with Crippen LogP contribution in [-0.4, -0.2) is 17.5 Å². The van der Waals surface area contributed by atoms with E-state index in [0.717, 1.165) is 15.4 Å². The first-order valence-corrected chi connectivity index (χ1v) is 9.00. The minimum Gasteiger partial charge on any atom is -0.480 e. The first-order valence-electron chi connectivity index (χ1n) is 7.41. The molecule has 1 amide bonds. The summed E-state index contributed by atoms with van der Waals surface area (Å²) in [4.78, 5) is 16.3. The van der Waals surface area contributed by atoms with Crippen molar-refractivity contribution in [1.29, 1.82) is 0 Å². The van der Waals surface area contributed by atoms with Crippen molar-refractivity contribution in [3.63, 3.8) is 0 Å². The van der Waals surface area contributed by atoms with Gasteiger partial charge in [-0.2, -0.15) is 0 Å². The van der Waals surface area contributed by atoms with E-state index in [4.69, 9.17) is 4.74 Å². The summed E-state index contributed by atoms with van der Waals surface area (Å²) < 4.78 is 20.1. The maximum absolute atomic E-state index is 12.9. The molecule has 0 saturated carbocycles. The van der Waals surface area contributed by atoms with Gasteiger partial charge in [-0.15, -0.1) is 0 Å². The van der Waals surface area contributed by atoms with Crippen molar-refractivity contribution >= 4 is 48.7 Å². The lowest BCUT2D eigenvalue weighted by Crippen LogP contribution is -2.28. The molecule has 0 atom stereocenters. The molecule has 0 spiro atoms. The quantitative estimate of drug-likeness (QED) is 0.596. The number of ether oxygens (including phenoxy) is 1. The van der Waals surface area contributed by atoms with Crippen molar-refractivity contribution in [3.05, 3.63) is 69.0 Å². The van der Waals surface area contributed by atoms with E-state index in [9.17, 15) is 9.18 Å². The molecule has 4 nitrogen and oxygen atoms in total. The van der Waals surface area contributed by atoms with Crippen molar-refractivity contribution in [3.8, 4) is 5.75 Å². The third-order valence-corrected chi connectivity index (χ3v) is 4.75. The summed E-state index contributed by atoms with van der Waals surface area (Å²) in [6.07, 6.45) is 1.67.